The predicted molar refractivity (Wildman–Crippen MR) is 96.0 cm³/mol. The van der Waals surface area contributed by atoms with Crippen molar-refractivity contribution in [3.8, 4) is 22.8 Å². The van der Waals surface area contributed by atoms with E-state index in [1.54, 1.807) is 12.3 Å². The quantitative estimate of drug-likeness (QED) is 0.466. The number of aldehydes is 1. The molecule has 27 heavy (non-hydrogen) atoms. The van der Waals surface area contributed by atoms with E-state index in [9.17, 15) is 9.59 Å². The Hall–Kier alpha value is -3.61. The van der Waals surface area contributed by atoms with Gasteiger partial charge in [0.15, 0.2) is 30.2 Å². The standard InChI is InChI=1S/C20H17NO6/c1-24-15-9-8-14(11-22)18(19(15)25-2)20(23)26-12-17-21-10-16(27-17)13-6-4-3-5-7-13/h3-11H,12H2,1-2H3. The van der Waals surface area contributed by atoms with E-state index in [1.165, 1.54) is 20.3 Å². The van der Waals surface area contributed by atoms with E-state index in [-0.39, 0.29) is 29.4 Å². The molecule has 138 valence electrons. The molecule has 1 heterocycles. The summed E-state index contributed by atoms with van der Waals surface area (Å²) >= 11 is 0. The highest BCUT2D eigenvalue weighted by molar-refractivity contribution is 6.01. The Labute approximate surface area is 155 Å². The number of aromatic nitrogens is 1. The maximum atomic E-state index is 12.5. The van der Waals surface area contributed by atoms with Gasteiger partial charge in [0.25, 0.3) is 0 Å². The van der Waals surface area contributed by atoms with Gasteiger partial charge in [0.2, 0.25) is 5.89 Å². The van der Waals surface area contributed by atoms with Crippen molar-refractivity contribution in [1.29, 1.82) is 0 Å². The number of hydrogen-bond acceptors (Lipinski definition) is 7. The summed E-state index contributed by atoms with van der Waals surface area (Å²) in [7, 11) is 2.81. The second kappa shape index (κ2) is 8.18. The molecular weight excluding hydrogens is 350 g/mol. The van der Waals surface area contributed by atoms with Crippen molar-refractivity contribution in [2.45, 2.75) is 6.61 Å². The van der Waals surface area contributed by atoms with Crippen LogP contribution in [0.5, 0.6) is 11.5 Å². The zero-order valence-corrected chi connectivity index (χ0v) is 14.8. The monoisotopic (exact) mass is 367 g/mol. The fraction of sp³-hybridized carbons (Fsp3) is 0.150. The predicted octanol–water partition coefficient (Wildman–Crippen LogP) is 3.53. The number of oxazole rings is 1. The highest BCUT2D eigenvalue weighted by Crippen LogP contribution is 2.33. The third-order valence-corrected chi connectivity index (χ3v) is 3.85. The molecule has 0 atom stereocenters. The van der Waals surface area contributed by atoms with Gasteiger partial charge in [-0.05, 0) is 12.1 Å². The molecule has 0 saturated heterocycles. The van der Waals surface area contributed by atoms with Crippen molar-refractivity contribution in [3.63, 3.8) is 0 Å². The van der Waals surface area contributed by atoms with Gasteiger partial charge in [0.1, 0.15) is 5.56 Å². The van der Waals surface area contributed by atoms with Gasteiger partial charge in [-0.3, -0.25) is 4.79 Å². The molecule has 0 bridgehead atoms. The Kier molecular flexibility index (Phi) is 5.51. The highest BCUT2D eigenvalue weighted by Gasteiger charge is 2.23. The largest absolute Gasteiger partial charge is 0.493 e. The van der Waals surface area contributed by atoms with E-state index < -0.39 is 5.97 Å². The summed E-state index contributed by atoms with van der Waals surface area (Å²) in [6, 6.07) is 12.4. The zero-order valence-electron chi connectivity index (χ0n) is 14.8. The van der Waals surface area contributed by atoms with Gasteiger partial charge in [0.05, 0.1) is 20.4 Å². The SMILES string of the molecule is COc1ccc(C=O)c(C(=O)OCc2ncc(-c3ccccc3)o2)c1OC. The fourth-order valence-corrected chi connectivity index (χ4v) is 2.56. The summed E-state index contributed by atoms with van der Waals surface area (Å²) in [6.45, 7) is -0.190. The third kappa shape index (κ3) is 3.82. The van der Waals surface area contributed by atoms with Crippen molar-refractivity contribution < 1.29 is 28.2 Å². The maximum Gasteiger partial charge on any atom is 0.343 e. The summed E-state index contributed by atoms with van der Waals surface area (Å²) in [4.78, 5) is 27.9. The molecule has 0 fully saturated rings. The smallest absolute Gasteiger partial charge is 0.343 e. The van der Waals surface area contributed by atoms with Crippen molar-refractivity contribution in [3.05, 3.63) is 65.7 Å². The summed E-state index contributed by atoms with van der Waals surface area (Å²) < 4.78 is 21.2. The number of esters is 1. The number of ether oxygens (including phenoxy) is 3. The molecular formula is C20H17NO6. The van der Waals surface area contributed by atoms with Crippen LogP contribution in [0.15, 0.2) is 53.1 Å². The van der Waals surface area contributed by atoms with Crippen LogP contribution in [0.2, 0.25) is 0 Å². The molecule has 0 radical (unpaired) electrons. The molecule has 0 aliphatic heterocycles. The molecule has 1 aromatic heterocycles. The average Bonchev–Trinajstić information content (AvgIpc) is 3.20. The topological polar surface area (TPSA) is 87.9 Å². The summed E-state index contributed by atoms with van der Waals surface area (Å²) in [5, 5.41) is 0. The molecule has 0 saturated carbocycles. The maximum absolute atomic E-state index is 12.5. The van der Waals surface area contributed by atoms with E-state index in [2.05, 4.69) is 4.98 Å². The second-order valence-corrected chi connectivity index (χ2v) is 5.44. The van der Waals surface area contributed by atoms with Gasteiger partial charge in [0, 0.05) is 11.1 Å². The molecule has 0 amide bonds. The average molecular weight is 367 g/mol. The minimum absolute atomic E-state index is 0.0123. The number of carbonyl (C=O) groups excluding carboxylic acids is 2. The van der Waals surface area contributed by atoms with Crippen LogP contribution in [0.4, 0.5) is 0 Å². The van der Waals surface area contributed by atoms with Crippen molar-refractivity contribution >= 4 is 12.3 Å². The van der Waals surface area contributed by atoms with Crippen LogP contribution in [0, 0.1) is 0 Å². The van der Waals surface area contributed by atoms with Gasteiger partial charge in [-0.15, -0.1) is 0 Å². The normalized spacial score (nSPS) is 10.3. The van der Waals surface area contributed by atoms with Crippen LogP contribution in [0.25, 0.3) is 11.3 Å². The van der Waals surface area contributed by atoms with E-state index in [1.807, 2.05) is 30.3 Å². The summed E-state index contributed by atoms with van der Waals surface area (Å²) in [6.07, 6.45) is 2.11. The lowest BCUT2D eigenvalue weighted by Crippen LogP contribution is -2.11. The first-order valence-corrected chi connectivity index (χ1v) is 8.05. The van der Waals surface area contributed by atoms with Crippen molar-refractivity contribution in [2.24, 2.45) is 0 Å². The number of nitrogens with zero attached hydrogens (tertiary/aromatic N) is 1. The van der Waals surface area contributed by atoms with Crippen LogP contribution in [-0.4, -0.2) is 31.5 Å². The van der Waals surface area contributed by atoms with E-state index in [0.29, 0.717) is 17.8 Å². The molecule has 3 aromatic rings. The van der Waals surface area contributed by atoms with Crippen LogP contribution in [-0.2, 0) is 11.3 Å². The summed E-state index contributed by atoms with van der Waals surface area (Å²) in [5.41, 5.74) is 0.983. The number of hydrogen-bond donors (Lipinski definition) is 0. The Bertz CT molecular complexity index is 948. The number of benzene rings is 2. The van der Waals surface area contributed by atoms with Gasteiger partial charge >= 0.3 is 5.97 Å². The van der Waals surface area contributed by atoms with E-state index in [4.69, 9.17) is 18.6 Å². The fourth-order valence-electron chi connectivity index (χ4n) is 2.56. The van der Waals surface area contributed by atoms with Crippen LogP contribution >= 0.6 is 0 Å². The van der Waals surface area contributed by atoms with E-state index in [0.717, 1.165) is 5.56 Å². The molecule has 0 aliphatic rings. The number of rotatable bonds is 7. The Morgan fingerprint density at radius 3 is 2.56 bits per heavy atom. The molecule has 3 rings (SSSR count). The number of methoxy groups -OCH3 is 2. The molecule has 0 spiro atoms. The van der Waals surface area contributed by atoms with Crippen LogP contribution in [0.1, 0.15) is 26.6 Å². The minimum atomic E-state index is -0.743. The van der Waals surface area contributed by atoms with Gasteiger partial charge in [-0.2, -0.15) is 0 Å². The Morgan fingerprint density at radius 2 is 1.89 bits per heavy atom. The highest BCUT2D eigenvalue weighted by atomic mass is 16.5. The Morgan fingerprint density at radius 1 is 1.11 bits per heavy atom. The molecule has 0 unspecified atom stereocenters. The molecule has 7 nitrogen and oxygen atoms in total. The van der Waals surface area contributed by atoms with Gasteiger partial charge < -0.3 is 18.6 Å². The van der Waals surface area contributed by atoms with E-state index >= 15 is 0 Å². The summed E-state index contributed by atoms with van der Waals surface area (Å²) in [5.74, 6) is 0.500. The molecule has 2 aromatic carbocycles. The van der Waals surface area contributed by atoms with Crippen molar-refractivity contribution in [1.82, 2.24) is 4.98 Å². The molecule has 0 aliphatic carbocycles. The second-order valence-electron chi connectivity index (χ2n) is 5.44. The number of carbonyl (C=O) groups is 2. The lowest BCUT2D eigenvalue weighted by molar-refractivity contribution is 0.0432. The van der Waals surface area contributed by atoms with Crippen molar-refractivity contribution in [2.75, 3.05) is 14.2 Å². The Balaban J connectivity index is 1.79. The third-order valence-electron chi connectivity index (χ3n) is 3.85. The lowest BCUT2D eigenvalue weighted by atomic mass is 10.1. The van der Waals surface area contributed by atoms with Crippen LogP contribution < -0.4 is 9.47 Å². The van der Waals surface area contributed by atoms with Gasteiger partial charge in [-0.25, -0.2) is 9.78 Å². The van der Waals surface area contributed by atoms with Gasteiger partial charge in [-0.1, -0.05) is 30.3 Å². The first-order valence-electron chi connectivity index (χ1n) is 8.05. The van der Waals surface area contributed by atoms with Crippen LogP contribution in [0.3, 0.4) is 0 Å². The molecule has 0 N–H and O–H groups in total. The first kappa shape index (κ1) is 18.2. The minimum Gasteiger partial charge on any atom is -0.493 e. The molecule has 7 heteroatoms. The first-order chi connectivity index (χ1) is 13.2. The zero-order chi connectivity index (χ0) is 19.2. The lowest BCUT2D eigenvalue weighted by Gasteiger charge is -2.13.